The third-order valence-corrected chi connectivity index (χ3v) is 8.98. The van der Waals surface area contributed by atoms with Crippen molar-refractivity contribution in [2.45, 2.75) is 30.6 Å². The number of piperazine rings is 1. The number of hydrogen-bond acceptors (Lipinski definition) is 6. The molecule has 2 aromatic carbocycles. The summed E-state index contributed by atoms with van der Waals surface area (Å²) in [5.41, 5.74) is 3.13. The minimum absolute atomic E-state index is 0.0758. The van der Waals surface area contributed by atoms with Gasteiger partial charge in [-0.2, -0.15) is 4.31 Å². The quantitative estimate of drug-likeness (QED) is 0.459. The van der Waals surface area contributed by atoms with Gasteiger partial charge in [0.15, 0.2) is 0 Å². The van der Waals surface area contributed by atoms with Gasteiger partial charge in [0, 0.05) is 57.0 Å². The van der Waals surface area contributed by atoms with E-state index in [1.807, 2.05) is 6.07 Å². The summed E-state index contributed by atoms with van der Waals surface area (Å²) in [6.45, 7) is 0.910. The molecular weight excluding hydrogens is 472 g/mol. The van der Waals surface area contributed by atoms with Gasteiger partial charge in [0.05, 0.1) is 15.7 Å². The van der Waals surface area contributed by atoms with Crippen molar-refractivity contribution in [1.29, 1.82) is 0 Å². The Morgan fingerprint density at radius 2 is 1.74 bits per heavy atom. The molecule has 1 unspecified atom stereocenters. The Bertz CT molecular complexity index is 1300. The molecule has 2 fully saturated rings. The third-order valence-electron chi connectivity index (χ3n) is 7.08. The first-order chi connectivity index (χ1) is 16.7. The monoisotopic (exact) mass is 498 g/mol. The Kier molecular flexibility index (Phi) is 6.06. The number of rotatable bonds is 5. The van der Waals surface area contributed by atoms with Crippen molar-refractivity contribution in [3.63, 3.8) is 0 Å². The summed E-state index contributed by atoms with van der Waals surface area (Å²) in [5, 5.41) is 11.0. The second kappa shape index (κ2) is 9.04. The molecule has 0 saturated carbocycles. The molecule has 2 saturated heterocycles. The molecular formula is C24H26N4O6S. The van der Waals surface area contributed by atoms with Crippen LogP contribution in [0.5, 0.6) is 0 Å². The number of nitro groups is 1. The minimum atomic E-state index is -3.92. The van der Waals surface area contributed by atoms with Crippen LogP contribution < -0.4 is 4.90 Å². The van der Waals surface area contributed by atoms with Gasteiger partial charge in [0.2, 0.25) is 21.8 Å². The number of nitro benzene ring substituents is 1. The highest BCUT2D eigenvalue weighted by Gasteiger charge is 2.39. The molecule has 0 bridgehead atoms. The summed E-state index contributed by atoms with van der Waals surface area (Å²) >= 11 is 0. The van der Waals surface area contributed by atoms with Crippen LogP contribution in [0.15, 0.2) is 47.4 Å². The van der Waals surface area contributed by atoms with E-state index in [4.69, 9.17) is 0 Å². The first-order valence-corrected chi connectivity index (χ1v) is 13.1. The van der Waals surface area contributed by atoms with Crippen LogP contribution >= 0.6 is 0 Å². The smallest absolute Gasteiger partial charge is 0.270 e. The molecule has 2 aliphatic heterocycles. The summed E-state index contributed by atoms with van der Waals surface area (Å²) in [6.07, 6.45) is 3.34. The molecule has 2 aromatic rings. The summed E-state index contributed by atoms with van der Waals surface area (Å²) < 4.78 is 27.2. The molecule has 11 heteroatoms. The summed E-state index contributed by atoms with van der Waals surface area (Å²) in [6, 6.07) is 11.0. The number of carbonyl (C=O) groups excluding carboxylic acids is 2. The predicted octanol–water partition coefficient (Wildman–Crippen LogP) is 1.97. The highest BCUT2D eigenvalue weighted by atomic mass is 32.2. The number of nitrogens with zero attached hydrogens (tertiary/aromatic N) is 4. The van der Waals surface area contributed by atoms with Crippen LogP contribution in [0, 0.1) is 16.0 Å². The topological polar surface area (TPSA) is 121 Å². The Hall–Kier alpha value is -3.31. The van der Waals surface area contributed by atoms with Gasteiger partial charge in [0.25, 0.3) is 5.69 Å². The molecule has 10 nitrogen and oxygen atoms in total. The molecule has 2 amide bonds. The van der Waals surface area contributed by atoms with E-state index in [0.717, 1.165) is 31.0 Å². The number of carbonyl (C=O) groups is 2. The largest absolute Gasteiger partial charge is 0.340 e. The summed E-state index contributed by atoms with van der Waals surface area (Å²) in [4.78, 5) is 39.4. The van der Waals surface area contributed by atoms with Gasteiger partial charge < -0.3 is 9.80 Å². The number of non-ortho nitro benzene ring substituents is 1. The van der Waals surface area contributed by atoms with E-state index < -0.39 is 20.9 Å². The predicted molar refractivity (Wildman–Crippen MR) is 127 cm³/mol. The maximum atomic E-state index is 13.2. The number of benzene rings is 2. The van der Waals surface area contributed by atoms with Crippen LogP contribution in [0.2, 0.25) is 0 Å². The number of sulfonamides is 1. The van der Waals surface area contributed by atoms with Crippen molar-refractivity contribution in [3.05, 3.63) is 63.7 Å². The second-order valence-electron chi connectivity index (χ2n) is 9.20. The molecule has 184 valence electrons. The molecule has 1 aliphatic carbocycles. The van der Waals surface area contributed by atoms with Crippen molar-refractivity contribution < 1.29 is 22.9 Å². The number of hydrogen-bond donors (Lipinski definition) is 0. The van der Waals surface area contributed by atoms with Crippen LogP contribution in [0.4, 0.5) is 11.4 Å². The Morgan fingerprint density at radius 1 is 1.00 bits per heavy atom. The van der Waals surface area contributed by atoms with Crippen LogP contribution in [-0.2, 0) is 32.5 Å². The van der Waals surface area contributed by atoms with Gasteiger partial charge in [-0.25, -0.2) is 8.42 Å². The highest BCUT2D eigenvalue weighted by molar-refractivity contribution is 7.89. The maximum Gasteiger partial charge on any atom is 0.270 e. The van der Waals surface area contributed by atoms with Gasteiger partial charge in [-0.15, -0.1) is 0 Å². The van der Waals surface area contributed by atoms with Crippen LogP contribution in [0.25, 0.3) is 0 Å². The Labute approximate surface area is 203 Å². The average molecular weight is 499 g/mol. The van der Waals surface area contributed by atoms with Crippen LogP contribution in [0.3, 0.4) is 0 Å². The van der Waals surface area contributed by atoms with E-state index in [2.05, 4.69) is 12.1 Å². The first kappa shape index (κ1) is 23.4. The zero-order chi connectivity index (χ0) is 24.7. The molecule has 0 radical (unpaired) electrons. The molecule has 5 rings (SSSR count). The number of aryl methyl sites for hydroxylation is 2. The van der Waals surface area contributed by atoms with Crippen molar-refractivity contribution in [1.82, 2.24) is 9.21 Å². The average Bonchev–Trinajstić information content (AvgIpc) is 3.49. The van der Waals surface area contributed by atoms with Gasteiger partial charge in [-0.1, -0.05) is 12.1 Å². The molecule has 0 aromatic heterocycles. The Balaban J connectivity index is 1.22. The first-order valence-electron chi connectivity index (χ1n) is 11.7. The minimum Gasteiger partial charge on any atom is -0.340 e. The number of amides is 2. The van der Waals surface area contributed by atoms with E-state index in [-0.39, 0.29) is 55.0 Å². The molecule has 3 aliphatic rings. The SMILES string of the molecule is O=C(C1CC(=O)N(c2ccc3c(c2)CCC3)C1)N1CCN(S(=O)(=O)c2cccc([N+](=O)[O-])c2)CC1. The zero-order valence-corrected chi connectivity index (χ0v) is 19.9. The van der Waals surface area contributed by atoms with E-state index in [1.165, 1.54) is 33.6 Å². The standard InChI is InChI=1S/C24H26N4O6S/c29-23-14-19(16-27(23)20-8-7-17-3-1-4-18(17)13-20)24(30)25-9-11-26(12-10-25)35(33,34)22-6-2-5-21(15-22)28(31)32/h2,5-8,13,15,19H,1,3-4,9-12,14,16H2. The molecule has 2 heterocycles. The molecule has 35 heavy (non-hydrogen) atoms. The lowest BCUT2D eigenvalue weighted by molar-refractivity contribution is -0.385. The van der Waals surface area contributed by atoms with E-state index in [0.29, 0.717) is 6.54 Å². The van der Waals surface area contributed by atoms with Gasteiger partial charge in [-0.05, 0) is 48.6 Å². The lowest BCUT2D eigenvalue weighted by atomic mass is 10.1. The van der Waals surface area contributed by atoms with Crippen LogP contribution in [0.1, 0.15) is 24.0 Å². The second-order valence-corrected chi connectivity index (χ2v) is 11.1. The van der Waals surface area contributed by atoms with E-state index in [9.17, 15) is 28.1 Å². The van der Waals surface area contributed by atoms with Gasteiger partial charge in [-0.3, -0.25) is 19.7 Å². The van der Waals surface area contributed by atoms with Gasteiger partial charge in [0.1, 0.15) is 0 Å². The summed E-state index contributed by atoms with van der Waals surface area (Å²) in [5.74, 6) is -0.682. The normalized spacial score (nSPS) is 20.8. The lowest BCUT2D eigenvalue weighted by Gasteiger charge is -2.35. The lowest BCUT2D eigenvalue weighted by Crippen LogP contribution is -2.52. The Morgan fingerprint density at radius 3 is 2.49 bits per heavy atom. The zero-order valence-electron chi connectivity index (χ0n) is 19.1. The van der Waals surface area contributed by atoms with Crippen molar-refractivity contribution >= 4 is 33.2 Å². The van der Waals surface area contributed by atoms with Crippen LogP contribution in [-0.4, -0.2) is 67.1 Å². The summed E-state index contributed by atoms with van der Waals surface area (Å²) in [7, 11) is -3.92. The number of fused-ring (bicyclic) bond motifs is 1. The molecule has 0 spiro atoms. The van der Waals surface area contributed by atoms with Gasteiger partial charge >= 0.3 is 0 Å². The molecule has 0 N–H and O–H groups in total. The fourth-order valence-corrected chi connectivity index (χ4v) is 6.62. The highest BCUT2D eigenvalue weighted by Crippen LogP contribution is 2.31. The van der Waals surface area contributed by atoms with E-state index >= 15 is 0 Å². The number of anilines is 1. The van der Waals surface area contributed by atoms with Crippen molar-refractivity contribution in [2.24, 2.45) is 5.92 Å². The fraction of sp³-hybridized carbons (Fsp3) is 0.417. The molecule has 1 atom stereocenters. The van der Waals surface area contributed by atoms with Crippen molar-refractivity contribution in [3.8, 4) is 0 Å². The third kappa shape index (κ3) is 4.41. The van der Waals surface area contributed by atoms with Crippen molar-refractivity contribution in [2.75, 3.05) is 37.6 Å². The van der Waals surface area contributed by atoms with E-state index in [1.54, 1.807) is 9.80 Å². The maximum absolute atomic E-state index is 13.2. The fourth-order valence-electron chi connectivity index (χ4n) is 5.16.